The van der Waals surface area contributed by atoms with E-state index in [1.165, 1.54) is 14.0 Å². The number of hydrogen-bond donors (Lipinski definition) is 1. The fraction of sp³-hybridized carbons (Fsp3) is 0.375. The molecule has 0 aliphatic rings. The molecule has 2 aromatic rings. The van der Waals surface area contributed by atoms with Crippen molar-refractivity contribution >= 4 is 38.1 Å². The lowest BCUT2D eigenvalue weighted by molar-refractivity contribution is -0.138. The second-order valence-electron chi connectivity index (χ2n) is 3.84. The summed E-state index contributed by atoms with van der Waals surface area (Å²) in [6.07, 6.45) is -4.69. The summed E-state index contributed by atoms with van der Waals surface area (Å²) in [7, 11) is -2.78. The average molecular weight is 362 g/mol. The van der Waals surface area contributed by atoms with Crippen LogP contribution in [0.2, 0.25) is 5.15 Å². The molecule has 2 heterocycles. The molecule has 116 valence electrons. The maximum atomic E-state index is 12.4. The minimum Gasteiger partial charge on any atom is -0.255 e. The Labute approximate surface area is 125 Å². The molecule has 13 heteroatoms. The molecule has 1 N–H and O–H groups in total. The summed E-state index contributed by atoms with van der Waals surface area (Å²) in [5, 5.41) is 7.91. The number of alkyl halides is 3. The molecule has 2 aromatic heterocycles. The lowest BCUT2D eigenvalue weighted by Gasteiger charge is -2.04. The first-order valence-electron chi connectivity index (χ1n) is 5.15. The fourth-order valence-corrected chi connectivity index (χ4v) is 4.05. The molecule has 0 aliphatic heterocycles. The van der Waals surface area contributed by atoms with Crippen molar-refractivity contribution in [1.29, 1.82) is 0 Å². The van der Waals surface area contributed by atoms with Gasteiger partial charge in [-0.05, 0) is 6.92 Å². The van der Waals surface area contributed by atoms with Gasteiger partial charge in [-0.1, -0.05) is 22.9 Å². The van der Waals surface area contributed by atoms with Gasteiger partial charge in [0.25, 0.3) is 10.0 Å². The van der Waals surface area contributed by atoms with Gasteiger partial charge < -0.3 is 0 Å². The lowest BCUT2D eigenvalue weighted by atomic mass is 10.5. The van der Waals surface area contributed by atoms with Crippen LogP contribution in [-0.2, 0) is 23.2 Å². The molecule has 0 radical (unpaired) electrons. The van der Waals surface area contributed by atoms with Gasteiger partial charge in [0, 0.05) is 7.05 Å². The third-order valence-electron chi connectivity index (χ3n) is 2.26. The van der Waals surface area contributed by atoms with Gasteiger partial charge in [-0.3, -0.25) is 9.40 Å². The number of halogens is 4. The van der Waals surface area contributed by atoms with Crippen molar-refractivity contribution in [3.63, 3.8) is 0 Å². The number of nitrogens with one attached hydrogen (secondary N) is 1. The summed E-state index contributed by atoms with van der Waals surface area (Å²) in [4.78, 5) is -0.324. The maximum Gasteiger partial charge on any atom is 0.445 e. The van der Waals surface area contributed by atoms with Crippen LogP contribution in [0.5, 0.6) is 0 Å². The summed E-state index contributed by atoms with van der Waals surface area (Å²) in [5.41, 5.74) is 0.107. The van der Waals surface area contributed by atoms with Crippen molar-refractivity contribution in [3.8, 4) is 0 Å². The van der Waals surface area contributed by atoms with Gasteiger partial charge >= 0.3 is 6.18 Å². The van der Waals surface area contributed by atoms with Gasteiger partial charge in [0.2, 0.25) is 10.1 Å². The molecule has 0 bridgehead atoms. The van der Waals surface area contributed by atoms with E-state index >= 15 is 0 Å². The zero-order valence-electron chi connectivity index (χ0n) is 10.4. The molecule has 0 amide bonds. The molecule has 21 heavy (non-hydrogen) atoms. The summed E-state index contributed by atoms with van der Waals surface area (Å²) in [6.45, 7) is 1.40. The number of aromatic nitrogens is 4. The van der Waals surface area contributed by atoms with E-state index in [0.717, 1.165) is 4.68 Å². The van der Waals surface area contributed by atoms with Gasteiger partial charge in [-0.15, -0.1) is 10.2 Å². The first-order valence-corrected chi connectivity index (χ1v) is 7.83. The lowest BCUT2D eigenvalue weighted by Crippen LogP contribution is -2.14. The first-order chi connectivity index (χ1) is 9.52. The normalized spacial score (nSPS) is 12.7. The number of nitrogens with zero attached hydrogens (tertiary/aromatic N) is 4. The van der Waals surface area contributed by atoms with Crippen LogP contribution < -0.4 is 4.72 Å². The van der Waals surface area contributed by atoms with Crippen LogP contribution in [0.3, 0.4) is 0 Å². The van der Waals surface area contributed by atoms with Gasteiger partial charge in [-0.2, -0.15) is 18.3 Å². The number of sulfonamides is 1. The summed E-state index contributed by atoms with van der Waals surface area (Å²) in [5.74, 6) is 0. The van der Waals surface area contributed by atoms with Crippen molar-refractivity contribution in [3.05, 3.63) is 15.9 Å². The Morgan fingerprint density at radius 2 is 1.95 bits per heavy atom. The molecule has 0 aromatic carbocycles. The van der Waals surface area contributed by atoms with E-state index in [1.54, 1.807) is 0 Å². The highest BCUT2D eigenvalue weighted by Crippen LogP contribution is 2.34. The number of hydrogen-bond acceptors (Lipinski definition) is 6. The van der Waals surface area contributed by atoms with Crippen LogP contribution in [0.1, 0.15) is 10.7 Å². The molecule has 0 unspecified atom stereocenters. The minimum absolute atomic E-state index is 0.0721. The van der Waals surface area contributed by atoms with E-state index in [2.05, 4.69) is 15.3 Å². The second-order valence-corrected chi connectivity index (χ2v) is 6.80. The predicted molar refractivity (Wildman–Crippen MR) is 68.7 cm³/mol. The number of anilines is 1. The molecule has 7 nitrogen and oxygen atoms in total. The van der Waals surface area contributed by atoms with Crippen LogP contribution in [0.15, 0.2) is 4.90 Å². The van der Waals surface area contributed by atoms with Crippen molar-refractivity contribution in [2.24, 2.45) is 7.05 Å². The smallest absolute Gasteiger partial charge is 0.255 e. The van der Waals surface area contributed by atoms with E-state index in [-0.39, 0.29) is 27.1 Å². The van der Waals surface area contributed by atoms with Gasteiger partial charge in [0.1, 0.15) is 10.0 Å². The van der Waals surface area contributed by atoms with Crippen molar-refractivity contribution in [1.82, 2.24) is 20.0 Å². The zero-order chi connectivity index (χ0) is 16.0. The SMILES string of the molecule is Cc1nn(C)c(Cl)c1S(=O)(=O)Nc1nnc(C(F)(F)F)s1. The molecule has 2 rings (SSSR count). The van der Waals surface area contributed by atoms with E-state index in [0.29, 0.717) is 0 Å². The van der Waals surface area contributed by atoms with Gasteiger partial charge in [-0.25, -0.2) is 8.42 Å². The highest BCUT2D eigenvalue weighted by atomic mass is 35.5. The number of rotatable bonds is 3. The Hall–Kier alpha value is -1.40. The largest absolute Gasteiger partial charge is 0.445 e. The van der Waals surface area contributed by atoms with Crippen LogP contribution in [0, 0.1) is 6.92 Å². The molecule has 0 atom stereocenters. The van der Waals surface area contributed by atoms with Crippen LogP contribution in [0.25, 0.3) is 0 Å². The first kappa shape index (κ1) is 16.0. The van der Waals surface area contributed by atoms with E-state index in [4.69, 9.17) is 11.6 Å². The molecular formula is C8H7ClF3N5O2S2. The Morgan fingerprint density at radius 1 is 1.33 bits per heavy atom. The molecule has 0 aliphatic carbocycles. The highest BCUT2D eigenvalue weighted by Gasteiger charge is 2.36. The van der Waals surface area contributed by atoms with E-state index < -0.39 is 26.3 Å². The van der Waals surface area contributed by atoms with Crippen molar-refractivity contribution in [2.45, 2.75) is 18.0 Å². The Kier molecular flexibility index (Phi) is 3.88. The predicted octanol–water partition coefficient (Wildman–Crippen LogP) is 2.05. The van der Waals surface area contributed by atoms with Crippen LogP contribution in [0.4, 0.5) is 18.3 Å². The average Bonchev–Trinajstić information content (AvgIpc) is 2.84. The maximum absolute atomic E-state index is 12.4. The van der Waals surface area contributed by atoms with Gasteiger partial charge in [0.05, 0.1) is 5.69 Å². The summed E-state index contributed by atoms with van der Waals surface area (Å²) >= 11 is 5.88. The monoisotopic (exact) mass is 361 g/mol. The highest BCUT2D eigenvalue weighted by molar-refractivity contribution is 7.93. The quantitative estimate of drug-likeness (QED) is 0.903. The second kappa shape index (κ2) is 5.10. The zero-order valence-corrected chi connectivity index (χ0v) is 12.8. The van der Waals surface area contributed by atoms with Crippen LogP contribution in [-0.4, -0.2) is 28.4 Å². The molecule has 0 fully saturated rings. The Balaban J connectivity index is 2.36. The standard InChI is InChI=1S/C8H7ClF3N5O2S2/c1-3-4(5(9)17(2)15-3)21(18,19)16-7-14-13-6(20-7)8(10,11)12/h1-2H3,(H,14,16). The van der Waals surface area contributed by atoms with Crippen LogP contribution >= 0.6 is 22.9 Å². The third-order valence-corrected chi connectivity index (χ3v) is 5.30. The Bertz CT molecular complexity index is 782. The topological polar surface area (TPSA) is 89.8 Å². The molecule has 0 saturated carbocycles. The van der Waals surface area contributed by atoms with Gasteiger partial charge in [0.15, 0.2) is 0 Å². The molecule has 0 saturated heterocycles. The van der Waals surface area contributed by atoms with E-state index in [1.807, 2.05) is 4.72 Å². The summed E-state index contributed by atoms with van der Waals surface area (Å²) < 4.78 is 64.4. The molecular weight excluding hydrogens is 355 g/mol. The minimum atomic E-state index is -4.69. The number of aryl methyl sites for hydroxylation is 2. The van der Waals surface area contributed by atoms with Crippen molar-refractivity contribution in [2.75, 3.05) is 4.72 Å². The fourth-order valence-electron chi connectivity index (χ4n) is 1.46. The Morgan fingerprint density at radius 3 is 2.38 bits per heavy atom. The summed E-state index contributed by atoms with van der Waals surface area (Å²) in [6, 6.07) is 0. The van der Waals surface area contributed by atoms with Crippen molar-refractivity contribution < 1.29 is 21.6 Å². The van der Waals surface area contributed by atoms with E-state index in [9.17, 15) is 21.6 Å². The molecule has 0 spiro atoms. The third kappa shape index (κ3) is 3.11.